The molecule has 0 spiro atoms. The van der Waals surface area contributed by atoms with Crippen LogP contribution in [0.2, 0.25) is 0 Å². The Hall–Kier alpha value is -3.68. The fraction of sp³-hybridized carbons (Fsp3) is 0.333. The van der Waals surface area contributed by atoms with Crippen LogP contribution in [0, 0.1) is 0 Å². The maximum absolute atomic E-state index is 13.0. The van der Waals surface area contributed by atoms with Gasteiger partial charge in [-0.1, -0.05) is 48.5 Å². The van der Waals surface area contributed by atoms with E-state index in [0.29, 0.717) is 24.9 Å². The van der Waals surface area contributed by atoms with Crippen LogP contribution in [0.5, 0.6) is 0 Å². The van der Waals surface area contributed by atoms with Crippen molar-refractivity contribution in [2.45, 2.75) is 44.3 Å². The molecule has 8 heteroatoms. The van der Waals surface area contributed by atoms with E-state index >= 15 is 0 Å². The van der Waals surface area contributed by atoms with Gasteiger partial charge >= 0.3 is 5.97 Å². The molecule has 1 fully saturated rings. The maximum atomic E-state index is 13.0. The predicted octanol–water partition coefficient (Wildman–Crippen LogP) is 1.61. The standard InChI is InChI=1S/C24H27N3O5/c1-16(23(30)27-14-8-13-20(27)24(31)32)25-22(29)19(15-17-9-4-2-5-10-17)26-21(28)18-11-6-3-7-12-18/h2-7,9-12,16,19-20H,8,13-15H2,1H3,(H,25,29)(H,26,28)(H,31,32)/t16-,19-,20-/m0/s1. The molecule has 0 radical (unpaired) electrons. The van der Waals surface area contributed by atoms with Crippen molar-refractivity contribution in [2.75, 3.05) is 6.54 Å². The van der Waals surface area contributed by atoms with Gasteiger partial charge in [-0.05, 0) is 37.5 Å². The molecular weight excluding hydrogens is 410 g/mol. The van der Waals surface area contributed by atoms with Crippen molar-refractivity contribution in [3.05, 3.63) is 71.8 Å². The van der Waals surface area contributed by atoms with Crippen LogP contribution in [-0.4, -0.2) is 58.4 Å². The van der Waals surface area contributed by atoms with Crippen molar-refractivity contribution in [3.8, 4) is 0 Å². The minimum Gasteiger partial charge on any atom is -0.480 e. The Labute approximate surface area is 186 Å². The number of carboxylic acids is 1. The lowest BCUT2D eigenvalue weighted by atomic mass is 10.0. The average Bonchev–Trinajstić information content (AvgIpc) is 3.29. The maximum Gasteiger partial charge on any atom is 0.326 e. The lowest BCUT2D eigenvalue weighted by Crippen LogP contribution is -2.55. The Balaban J connectivity index is 1.71. The highest BCUT2D eigenvalue weighted by Gasteiger charge is 2.36. The van der Waals surface area contributed by atoms with Crippen molar-refractivity contribution in [3.63, 3.8) is 0 Å². The van der Waals surface area contributed by atoms with E-state index in [1.807, 2.05) is 30.3 Å². The molecule has 0 unspecified atom stereocenters. The van der Waals surface area contributed by atoms with Crippen LogP contribution in [-0.2, 0) is 20.8 Å². The highest BCUT2D eigenvalue weighted by Crippen LogP contribution is 2.18. The van der Waals surface area contributed by atoms with Crippen LogP contribution in [0.3, 0.4) is 0 Å². The first-order chi connectivity index (χ1) is 15.4. The van der Waals surface area contributed by atoms with E-state index < -0.39 is 41.8 Å². The number of rotatable bonds is 8. The third kappa shape index (κ3) is 5.72. The van der Waals surface area contributed by atoms with Crippen LogP contribution in [0.1, 0.15) is 35.7 Å². The topological polar surface area (TPSA) is 116 Å². The number of hydrogen-bond acceptors (Lipinski definition) is 4. The molecule has 8 nitrogen and oxygen atoms in total. The number of carbonyl (C=O) groups is 4. The molecule has 1 saturated heterocycles. The number of benzene rings is 2. The van der Waals surface area contributed by atoms with Gasteiger partial charge in [-0.25, -0.2) is 4.79 Å². The summed E-state index contributed by atoms with van der Waals surface area (Å²) in [5.74, 6) is -2.40. The largest absolute Gasteiger partial charge is 0.480 e. The van der Waals surface area contributed by atoms with E-state index in [0.717, 1.165) is 5.56 Å². The van der Waals surface area contributed by atoms with Gasteiger partial charge in [0.25, 0.3) is 5.91 Å². The quantitative estimate of drug-likeness (QED) is 0.580. The molecule has 3 atom stereocenters. The summed E-state index contributed by atoms with van der Waals surface area (Å²) in [5.41, 5.74) is 1.27. The molecule has 0 aliphatic carbocycles. The van der Waals surface area contributed by atoms with Gasteiger partial charge in [0.15, 0.2) is 0 Å². The van der Waals surface area contributed by atoms with Crippen LogP contribution >= 0.6 is 0 Å². The first-order valence-corrected chi connectivity index (χ1v) is 10.6. The Morgan fingerprint density at radius 1 is 1.00 bits per heavy atom. The van der Waals surface area contributed by atoms with Crippen molar-refractivity contribution in [1.82, 2.24) is 15.5 Å². The van der Waals surface area contributed by atoms with E-state index in [9.17, 15) is 24.3 Å². The Kier molecular flexibility index (Phi) is 7.59. The summed E-state index contributed by atoms with van der Waals surface area (Å²) in [4.78, 5) is 51.2. The minimum absolute atomic E-state index is 0.244. The Morgan fingerprint density at radius 2 is 1.62 bits per heavy atom. The summed E-state index contributed by atoms with van der Waals surface area (Å²) in [6.45, 7) is 1.87. The summed E-state index contributed by atoms with van der Waals surface area (Å²) in [5, 5.41) is 14.7. The van der Waals surface area contributed by atoms with Gasteiger partial charge in [-0.15, -0.1) is 0 Å². The normalized spacial score (nSPS) is 17.3. The zero-order chi connectivity index (χ0) is 23.1. The van der Waals surface area contributed by atoms with Crippen molar-refractivity contribution in [1.29, 1.82) is 0 Å². The molecule has 1 aliphatic rings. The van der Waals surface area contributed by atoms with E-state index in [1.165, 1.54) is 11.8 Å². The third-order valence-electron chi connectivity index (χ3n) is 5.49. The number of carboxylic acid groups (broad SMARTS) is 1. The molecule has 1 aliphatic heterocycles. The van der Waals surface area contributed by atoms with Gasteiger partial charge < -0.3 is 20.6 Å². The summed E-state index contributed by atoms with van der Waals surface area (Å²) >= 11 is 0. The van der Waals surface area contributed by atoms with Crippen LogP contribution < -0.4 is 10.6 Å². The zero-order valence-electron chi connectivity index (χ0n) is 17.9. The number of nitrogens with zero attached hydrogens (tertiary/aromatic N) is 1. The van der Waals surface area contributed by atoms with E-state index in [-0.39, 0.29) is 6.42 Å². The third-order valence-corrected chi connectivity index (χ3v) is 5.49. The molecule has 32 heavy (non-hydrogen) atoms. The zero-order valence-corrected chi connectivity index (χ0v) is 17.9. The Morgan fingerprint density at radius 3 is 2.25 bits per heavy atom. The molecule has 2 aromatic rings. The smallest absolute Gasteiger partial charge is 0.326 e. The molecule has 2 aromatic carbocycles. The number of aliphatic carboxylic acids is 1. The second-order valence-corrected chi connectivity index (χ2v) is 7.84. The van der Waals surface area contributed by atoms with Crippen LogP contribution in [0.4, 0.5) is 0 Å². The van der Waals surface area contributed by atoms with Crippen LogP contribution in [0.25, 0.3) is 0 Å². The monoisotopic (exact) mass is 437 g/mol. The molecular formula is C24H27N3O5. The summed E-state index contributed by atoms with van der Waals surface area (Å²) < 4.78 is 0. The average molecular weight is 437 g/mol. The van der Waals surface area contributed by atoms with Gasteiger partial charge in [-0.2, -0.15) is 0 Å². The summed E-state index contributed by atoms with van der Waals surface area (Å²) in [6, 6.07) is 15.1. The number of hydrogen-bond donors (Lipinski definition) is 3. The van der Waals surface area contributed by atoms with E-state index in [2.05, 4.69) is 10.6 Å². The predicted molar refractivity (Wildman–Crippen MR) is 118 cm³/mol. The molecule has 0 saturated carbocycles. The fourth-order valence-electron chi connectivity index (χ4n) is 3.80. The lowest BCUT2D eigenvalue weighted by Gasteiger charge is -2.27. The molecule has 0 bridgehead atoms. The minimum atomic E-state index is -1.05. The summed E-state index contributed by atoms with van der Waals surface area (Å²) in [7, 11) is 0. The van der Waals surface area contributed by atoms with Gasteiger partial charge in [0.1, 0.15) is 18.1 Å². The first kappa shape index (κ1) is 23.0. The molecule has 1 heterocycles. The highest BCUT2D eigenvalue weighted by atomic mass is 16.4. The SMILES string of the molecule is C[C@H](NC(=O)[C@H](Cc1ccccc1)NC(=O)c1ccccc1)C(=O)N1CCC[C@H]1C(=O)O. The lowest BCUT2D eigenvalue weighted by molar-refractivity contribution is -0.149. The molecule has 168 valence electrons. The number of likely N-dealkylation sites (tertiary alicyclic amines) is 1. The first-order valence-electron chi connectivity index (χ1n) is 10.6. The van der Waals surface area contributed by atoms with Gasteiger partial charge in [0, 0.05) is 18.5 Å². The van der Waals surface area contributed by atoms with Gasteiger partial charge in [-0.3, -0.25) is 14.4 Å². The van der Waals surface area contributed by atoms with E-state index in [4.69, 9.17) is 0 Å². The summed E-state index contributed by atoms with van der Waals surface area (Å²) in [6.07, 6.45) is 1.24. The fourth-order valence-corrected chi connectivity index (χ4v) is 3.80. The second kappa shape index (κ2) is 10.6. The highest BCUT2D eigenvalue weighted by molar-refractivity contribution is 5.98. The molecule has 0 aromatic heterocycles. The van der Waals surface area contributed by atoms with Crippen LogP contribution in [0.15, 0.2) is 60.7 Å². The van der Waals surface area contributed by atoms with E-state index in [1.54, 1.807) is 30.3 Å². The van der Waals surface area contributed by atoms with Gasteiger partial charge in [0.05, 0.1) is 0 Å². The number of amides is 3. The Bertz CT molecular complexity index is 964. The number of carbonyl (C=O) groups excluding carboxylic acids is 3. The molecule has 3 rings (SSSR count). The second-order valence-electron chi connectivity index (χ2n) is 7.84. The molecule has 3 amide bonds. The van der Waals surface area contributed by atoms with Crippen molar-refractivity contribution >= 4 is 23.7 Å². The number of nitrogens with one attached hydrogen (secondary N) is 2. The van der Waals surface area contributed by atoms with Crippen molar-refractivity contribution < 1.29 is 24.3 Å². The van der Waals surface area contributed by atoms with Gasteiger partial charge in [0.2, 0.25) is 11.8 Å². The van der Waals surface area contributed by atoms with Crippen molar-refractivity contribution in [2.24, 2.45) is 0 Å². The molecule has 3 N–H and O–H groups in total.